The van der Waals surface area contributed by atoms with Crippen LogP contribution >= 0.6 is 11.8 Å². The number of nitrogens with one attached hydrogen (secondary N) is 1. The fourth-order valence-electron chi connectivity index (χ4n) is 3.31. The topological polar surface area (TPSA) is 72.7 Å². The Kier molecular flexibility index (Phi) is 8.00. The molecule has 3 rings (SSSR count). The van der Waals surface area contributed by atoms with Gasteiger partial charge in [0.15, 0.2) is 11.0 Å². The molecule has 1 unspecified atom stereocenters. The van der Waals surface area contributed by atoms with Gasteiger partial charge in [-0.05, 0) is 42.5 Å². The van der Waals surface area contributed by atoms with Gasteiger partial charge in [-0.3, -0.25) is 14.3 Å². The molecular formula is C24H29N5OS. The number of allylic oxidation sites excluding steroid dienone is 1. The summed E-state index contributed by atoms with van der Waals surface area (Å²) in [5.41, 5.74) is 3.34. The summed E-state index contributed by atoms with van der Waals surface area (Å²) in [4.78, 5) is 16.6. The smallest absolute Gasteiger partial charge is 0.230 e. The van der Waals surface area contributed by atoms with Gasteiger partial charge in [-0.2, -0.15) is 0 Å². The molecule has 0 aliphatic rings. The second-order valence-electron chi connectivity index (χ2n) is 7.86. The maximum atomic E-state index is 12.5. The van der Waals surface area contributed by atoms with E-state index in [1.165, 1.54) is 17.3 Å². The molecular weight excluding hydrogens is 406 g/mol. The first-order chi connectivity index (χ1) is 15.0. The Bertz CT molecular complexity index is 999. The lowest BCUT2D eigenvalue weighted by atomic mass is 10.00. The van der Waals surface area contributed by atoms with E-state index in [1.54, 1.807) is 18.5 Å². The maximum Gasteiger partial charge on any atom is 0.230 e. The van der Waals surface area contributed by atoms with Crippen LogP contribution in [0.25, 0.3) is 11.4 Å². The quantitative estimate of drug-likeness (QED) is 0.369. The number of hydrogen-bond acceptors (Lipinski definition) is 5. The van der Waals surface area contributed by atoms with Gasteiger partial charge in [-0.25, -0.2) is 0 Å². The van der Waals surface area contributed by atoms with Crippen molar-refractivity contribution in [3.63, 3.8) is 0 Å². The molecule has 1 aromatic carbocycles. The molecule has 31 heavy (non-hydrogen) atoms. The van der Waals surface area contributed by atoms with Crippen LogP contribution in [0.1, 0.15) is 37.9 Å². The van der Waals surface area contributed by atoms with Crippen LogP contribution in [0, 0.1) is 5.92 Å². The molecule has 162 valence electrons. The molecule has 0 radical (unpaired) electrons. The van der Waals surface area contributed by atoms with Gasteiger partial charge in [-0.15, -0.1) is 16.8 Å². The van der Waals surface area contributed by atoms with E-state index in [-0.39, 0.29) is 17.7 Å². The lowest BCUT2D eigenvalue weighted by molar-refractivity contribution is -0.119. The monoisotopic (exact) mass is 435 g/mol. The minimum atomic E-state index is -0.0559. The number of aromatic nitrogens is 4. The molecule has 0 saturated carbocycles. The maximum absolute atomic E-state index is 12.5. The summed E-state index contributed by atoms with van der Waals surface area (Å²) in [7, 11) is 0. The summed E-state index contributed by atoms with van der Waals surface area (Å²) in [5.74, 6) is 1.59. The van der Waals surface area contributed by atoms with Crippen molar-refractivity contribution >= 4 is 17.7 Å². The highest BCUT2D eigenvalue weighted by Gasteiger charge is 2.16. The van der Waals surface area contributed by atoms with E-state index in [0.717, 1.165) is 23.4 Å². The minimum Gasteiger partial charge on any atom is -0.349 e. The zero-order valence-electron chi connectivity index (χ0n) is 18.3. The van der Waals surface area contributed by atoms with E-state index in [1.807, 2.05) is 23.6 Å². The van der Waals surface area contributed by atoms with Crippen molar-refractivity contribution in [2.45, 2.75) is 44.9 Å². The normalized spacial score (nSPS) is 12.0. The van der Waals surface area contributed by atoms with Crippen molar-refractivity contribution in [3.05, 3.63) is 72.6 Å². The van der Waals surface area contributed by atoms with Crippen molar-refractivity contribution in [3.8, 4) is 11.4 Å². The summed E-state index contributed by atoms with van der Waals surface area (Å²) < 4.78 is 1.96. The zero-order chi connectivity index (χ0) is 22.2. The number of amides is 1. The van der Waals surface area contributed by atoms with Crippen molar-refractivity contribution < 1.29 is 4.79 Å². The first-order valence-corrected chi connectivity index (χ1v) is 11.4. The summed E-state index contributed by atoms with van der Waals surface area (Å²) in [5, 5.41) is 12.3. The van der Waals surface area contributed by atoms with Gasteiger partial charge < -0.3 is 5.32 Å². The summed E-state index contributed by atoms with van der Waals surface area (Å²) in [6.07, 6.45) is 6.30. The van der Waals surface area contributed by atoms with E-state index >= 15 is 0 Å². The Labute approximate surface area is 188 Å². The average molecular weight is 436 g/mol. The number of hydrogen-bond donors (Lipinski definition) is 1. The lowest BCUT2D eigenvalue weighted by Gasteiger charge is -2.15. The van der Waals surface area contributed by atoms with Crippen molar-refractivity contribution in [2.24, 2.45) is 5.92 Å². The molecule has 0 fully saturated rings. The van der Waals surface area contributed by atoms with Gasteiger partial charge in [0.1, 0.15) is 0 Å². The molecule has 6 nitrogen and oxygen atoms in total. The third-order valence-electron chi connectivity index (χ3n) is 4.80. The van der Waals surface area contributed by atoms with E-state index in [4.69, 9.17) is 0 Å². The first-order valence-electron chi connectivity index (χ1n) is 10.4. The Morgan fingerprint density at radius 1 is 1.13 bits per heavy atom. The second-order valence-corrected chi connectivity index (χ2v) is 8.80. The molecule has 1 atom stereocenters. The predicted octanol–water partition coefficient (Wildman–Crippen LogP) is 4.69. The van der Waals surface area contributed by atoms with Gasteiger partial charge in [-0.1, -0.05) is 56.0 Å². The molecule has 3 aromatic rings. The Hall–Kier alpha value is -2.93. The van der Waals surface area contributed by atoms with E-state index in [0.29, 0.717) is 17.6 Å². The SMILES string of the molecule is C=CCn1c(SCC(=O)NC(C)c2ccc(CC(C)C)cc2)nnc1-c1ccncc1. The molecule has 0 saturated heterocycles. The molecule has 7 heteroatoms. The Balaban J connectivity index is 1.60. The number of nitrogens with zero attached hydrogens (tertiary/aromatic N) is 4. The van der Waals surface area contributed by atoms with Crippen molar-refractivity contribution in [1.82, 2.24) is 25.1 Å². The third-order valence-corrected chi connectivity index (χ3v) is 5.77. The molecule has 1 N–H and O–H groups in total. The molecule has 2 aromatic heterocycles. The minimum absolute atomic E-state index is 0.0395. The highest BCUT2D eigenvalue weighted by molar-refractivity contribution is 7.99. The summed E-state index contributed by atoms with van der Waals surface area (Å²) in [6, 6.07) is 12.2. The van der Waals surface area contributed by atoms with Gasteiger partial charge in [0.2, 0.25) is 5.91 Å². The number of carbonyl (C=O) groups excluding carboxylic acids is 1. The van der Waals surface area contributed by atoms with Crippen molar-refractivity contribution in [2.75, 3.05) is 5.75 Å². The van der Waals surface area contributed by atoms with E-state index < -0.39 is 0 Å². The molecule has 0 aliphatic carbocycles. The summed E-state index contributed by atoms with van der Waals surface area (Å²) >= 11 is 1.37. The Morgan fingerprint density at radius 3 is 2.48 bits per heavy atom. The van der Waals surface area contributed by atoms with E-state index in [2.05, 4.69) is 65.2 Å². The fourth-order valence-corrected chi connectivity index (χ4v) is 4.07. The van der Waals surface area contributed by atoms with Crippen LogP contribution in [0.15, 0.2) is 66.6 Å². The predicted molar refractivity (Wildman–Crippen MR) is 126 cm³/mol. The molecule has 2 heterocycles. The van der Waals surface area contributed by atoms with Gasteiger partial charge >= 0.3 is 0 Å². The van der Waals surface area contributed by atoms with Gasteiger partial charge in [0.25, 0.3) is 0 Å². The molecule has 0 aliphatic heterocycles. The number of carbonyl (C=O) groups is 1. The fraction of sp³-hybridized carbons (Fsp3) is 0.333. The van der Waals surface area contributed by atoms with Crippen LogP contribution < -0.4 is 5.32 Å². The molecule has 0 spiro atoms. The number of rotatable bonds is 10. The second kappa shape index (κ2) is 10.9. The average Bonchev–Trinajstić information content (AvgIpc) is 3.16. The van der Waals surface area contributed by atoms with E-state index in [9.17, 15) is 4.79 Å². The zero-order valence-corrected chi connectivity index (χ0v) is 19.1. The van der Waals surface area contributed by atoms with Crippen LogP contribution in [0.4, 0.5) is 0 Å². The highest BCUT2D eigenvalue weighted by atomic mass is 32.2. The standard InChI is InChI=1S/C24H29N5OS/c1-5-14-29-23(21-10-12-25-13-11-21)27-28-24(29)31-16-22(30)26-18(4)20-8-6-19(7-9-20)15-17(2)3/h5-13,17-18H,1,14-16H2,2-4H3,(H,26,30). The van der Waals surface area contributed by atoms with Crippen LogP contribution in [-0.2, 0) is 17.8 Å². The lowest BCUT2D eigenvalue weighted by Crippen LogP contribution is -2.28. The van der Waals surface area contributed by atoms with Crippen LogP contribution in [0.5, 0.6) is 0 Å². The Morgan fingerprint density at radius 2 is 1.84 bits per heavy atom. The third kappa shape index (κ3) is 6.28. The highest BCUT2D eigenvalue weighted by Crippen LogP contribution is 2.24. The largest absolute Gasteiger partial charge is 0.349 e. The van der Waals surface area contributed by atoms with Crippen LogP contribution in [-0.4, -0.2) is 31.4 Å². The number of pyridine rings is 1. The van der Waals surface area contributed by atoms with Crippen LogP contribution in [0.3, 0.4) is 0 Å². The van der Waals surface area contributed by atoms with Gasteiger partial charge in [0.05, 0.1) is 11.8 Å². The number of benzene rings is 1. The van der Waals surface area contributed by atoms with Gasteiger partial charge in [0, 0.05) is 24.5 Å². The van der Waals surface area contributed by atoms with Crippen LogP contribution in [0.2, 0.25) is 0 Å². The number of thioether (sulfide) groups is 1. The van der Waals surface area contributed by atoms with Crippen molar-refractivity contribution in [1.29, 1.82) is 0 Å². The summed E-state index contributed by atoms with van der Waals surface area (Å²) in [6.45, 7) is 10.8. The first kappa shape index (κ1) is 22.7. The molecule has 0 bridgehead atoms. The molecule has 1 amide bonds.